The molecule has 0 spiro atoms. The zero-order valence-corrected chi connectivity index (χ0v) is 10.9. The van der Waals surface area contributed by atoms with Gasteiger partial charge in [-0.05, 0) is 23.3 Å². The van der Waals surface area contributed by atoms with Gasteiger partial charge in [0.2, 0.25) is 11.7 Å². The molecule has 0 aliphatic carbocycles. The average molecular weight is 269 g/mol. The molecular weight excluding hydrogens is 254 g/mol. The lowest BCUT2D eigenvalue weighted by Gasteiger charge is -2.02. The summed E-state index contributed by atoms with van der Waals surface area (Å²) in [5, 5.41) is 15.1. The Hall–Kier alpha value is -2.24. The molecule has 0 radical (unpaired) electrons. The first-order valence-corrected chi connectivity index (χ1v) is 6.47. The summed E-state index contributed by atoms with van der Waals surface area (Å²) < 4.78 is 5.15. The summed E-state index contributed by atoms with van der Waals surface area (Å²) in [6.07, 6.45) is 0.402. The van der Waals surface area contributed by atoms with Gasteiger partial charge in [0.15, 0.2) is 0 Å². The second kappa shape index (κ2) is 5.40. The van der Waals surface area contributed by atoms with Gasteiger partial charge >= 0.3 is 0 Å². The molecule has 3 aromatic rings. The molecule has 1 aromatic heterocycles. The van der Waals surface area contributed by atoms with Gasteiger partial charge in [0.05, 0.1) is 6.04 Å². The van der Waals surface area contributed by atoms with Crippen LogP contribution in [0, 0.1) is 0 Å². The summed E-state index contributed by atoms with van der Waals surface area (Å²) in [7, 11) is 0. The first kappa shape index (κ1) is 12.8. The predicted octanol–water partition coefficient (Wildman–Crippen LogP) is 2.27. The fourth-order valence-corrected chi connectivity index (χ4v) is 2.09. The molecule has 0 saturated carbocycles. The highest BCUT2D eigenvalue weighted by Crippen LogP contribution is 2.23. The van der Waals surface area contributed by atoms with E-state index in [2.05, 4.69) is 16.2 Å². The Bertz CT molecular complexity index is 724. The van der Waals surface area contributed by atoms with Gasteiger partial charge in [0.1, 0.15) is 0 Å². The third-order valence-corrected chi connectivity index (χ3v) is 3.21. The normalized spacial score (nSPS) is 12.7. The number of aliphatic hydroxyl groups is 1. The van der Waals surface area contributed by atoms with Crippen molar-refractivity contribution in [2.24, 2.45) is 5.73 Å². The summed E-state index contributed by atoms with van der Waals surface area (Å²) in [6, 6.07) is 13.6. The Balaban J connectivity index is 1.94. The van der Waals surface area contributed by atoms with Crippen molar-refractivity contribution in [1.82, 2.24) is 10.1 Å². The van der Waals surface area contributed by atoms with E-state index in [9.17, 15) is 0 Å². The lowest BCUT2D eigenvalue weighted by Crippen LogP contribution is -2.12. The molecule has 0 bridgehead atoms. The average Bonchev–Trinajstić information content (AvgIpc) is 2.97. The van der Waals surface area contributed by atoms with Crippen LogP contribution in [0.4, 0.5) is 0 Å². The van der Waals surface area contributed by atoms with Crippen molar-refractivity contribution in [2.75, 3.05) is 6.61 Å². The Labute approximate surface area is 116 Å². The van der Waals surface area contributed by atoms with Gasteiger partial charge < -0.3 is 15.4 Å². The Morgan fingerprint density at radius 2 is 1.95 bits per heavy atom. The van der Waals surface area contributed by atoms with E-state index in [0.29, 0.717) is 18.1 Å². The van der Waals surface area contributed by atoms with Crippen molar-refractivity contribution in [3.05, 3.63) is 48.4 Å². The highest BCUT2D eigenvalue weighted by Gasteiger charge is 2.15. The number of nitrogens with zero attached hydrogens (tertiary/aromatic N) is 2. The van der Waals surface area contributed by atoms with Crippen LogP contribution in [0.25, 0.3) is 22.2 Å². The maximum absolute atomic E-state index is 8.87. The van der Waals surface area contributed by atoms with Crippen molar-refractivity contribution < 1.29 is 9.63 Å². The fraction of sp³-hybridized carbons (Fsp3) is 0.200. The Kier molecular flexibility index (Phi) is 3.45. The van der Waals surface area contributed by atoms with E-state index in [-0.39, 0.29) is 6.61 Å². The largest absolute Gasteiger partial charge is 0.396 e. The summed E-state index contributed by atoms with van der Waals surface area (Å²) in [4.78, 5) is 4.29. The standard InChI is InChI=1S/C15H15N3O2/c16-13(7-8-19)15-17-14(18-20-15)12-6-5-10-3-1-2-4-11(10)9-12/h1-6,9,13,19H,7-8,16H2. The van der Waals surface area contributed by atoms with Crippen LogP contribution in [-0.4, -0.2) is 21.9 Å². The molecule has 0 saturated heterocycles. The first-order valence-electron chi connectivity index (χ1n) is 6.47. The lowest BCUT2D eigenvalue weighted by molar-refractivity contribution is 0.259. The number of nitrogens with two attached hydrogens (primary N) is 1. The molecule has 3 rings (SSSR count). The summed E-state index contributed by atoms with van der Waals surface area (Å²) in [5.74, 6) is 0.862. The number of benzene rings is 2. The molecule has 102 valence electrons. The van der Waals surface area contributed by atoms with E-state index in [1.165, 1.54) is 0 Å². The van der Waals surface area contributed by atoms with Gasteiger partial charge in [-0.15, -0.1) is 0 Å². The molecule has 0 aliphatic rings. The Morgan fingerprint density at radius 1 is 1.15 bits per heavy atom. The van der Waals surface area contributed by atoms with Crippen LogP contribution in [0.5, 0.6) is 0 Å². The third-order valence-electron chi connectivity index (χ3n) is 3.21. The molecule has 1 heterocycles. The number of hydrogen-bond acceptors (Lipinski definition) is 5. The molecule has 1 unspecified atom stereocenters. The molecule has 3 N–H and O–H groups in total. The summed E-state index contributed by atoms with van der Waals surface area (Å²) in [6.45, 7) is -0.00510. The molecule has 20 heavy (non-hydrogen) atoms. The van der Waals surface area contributed by atoms with Crippen molar-refractivity contribution in [3.63, 3.8) is 0 Å². The zero-order valence-electron chi connectivity index (χ0n) is 10.9. The third kappa shape index (κ3) is 2.41. The quantitative estimate of drug-likeness (QED) is 0.759. The van der Waals surface area contributed by atoms with Crippen molar-refractivity contribution >= 4 is 10.8 Å². The van der Waals surface area contributed by atoms with Crippen LogP contribution in [0.3, 0.4) is 0 Å². The van der Waals surface area contributed by atoms with E-state index in [1.54, 1.807) is 0 Å². The second-order valence-electron chi connectivity index (χ2n) is 4.64. The minimum atomic E-state index is -0.429. The number of hydrogen-bond donors (Lipinski definition) is 2. The maximum Gasteiger partial charge on any atom is 0.243 e. The van der Waals surface area contributed by atoms with Gasteiger partial charge in [0, 0.05) is 12.2 Å². The van der Waals surface area contributed by atoms with E-state index < -0.39 is 6.04 Å². The number of fused-ring (bicyclic) bond motifs is 1. The lowest BCUT2D eigenvalue weighted by atomic mass is 10.1. The van der Waals surface area contributed by atoms with Crippen LogP contribution in [0.2, 0.25) is 0 Å². The maximum atomic E-state index is 8.87. The van der Waals surface area contributed by atoms with E-state index in [0.717, 1.165) is 16.3 Å². The summed E-state index contributed by atoms with van der Waals surface area (Å²) in [5.41, 5.74) is 6.72. The molecular formula is C15H15N3O2. The molecule has 5 nitrogen and oxygen atoms in total. The van der Waals surface area contributed by atoms with Crippen molar-refractivity contribution in [3.8, 4) is 11.4 Å². The first-order chi connectivity index (χ1) is 9.78. The van der Waals surface area contributed by atoms with Gasteiger partial charge in [-0.1, -0.05) is 41.6 Å². The van der Waals surface area contributed by atoms with Crippen LogP contribution >= 0.6 is 0 Å². The van der Waals surface area contributed by atoms with Crippen LogP contribution in [-0.2, 0) is 0 Å². The minimum absolute atomic E-state index is 0.00510. The molecule has 1 atom stereocenters. The smallest absolute Gasteiger partial charge is 0.243 e. The fourth-order valence-electron chi connectivity index (χ4n) is 2.09. The van der Waals surface area contributed by atoms with E-state index in [1.807, 2.05) is 36.4 Å². The minimum Gasteiger partial charge on any atom is -0.396 e. The molecule has 2 aromatic carbocycles. The van der Waals surface area contributed by atoms with Crippen LogP contribution < -0.4 is 5.73 Å². The van der Waals surface area contributed by atoms with Crippen LogP contribution in [0.1, 0.15) is 18.4 Å². The van der Waals surface area contributed by atoms with Gasteiger partial charge in [-0.25, -0.2) is 0 Å². The summed E-state index contributed by atoms with van der Waals surface area (Å²) >= 11 is 0. The highest BCUT2D eigenvalue weighted by molar-refractivity contribution is 5.86. The topological polar surface area (TPSA) is 85.2 Å². The monoisotopic (exact) mass is 269 g/mol. The van der Waals surface area contributed by atoms with E-state index in [4.69, 9.17) is 15.4 Å². The highest BCUT2D eigenvalue weighted by atomic mass is 16.5. The molecule has 0 amide bonds. The molecule has 5 heteroatoms. The zero-order chi connectivity index (χ0) is 13.9. The van der Waals surface area contributed by atoms with Crippen molar-refractivity contribution in [2.45, 2.75) is 12.5 Å². The van der Waals surface area contributed by atoms with Gasteiger partial charge in [-0.2, -0.15) is 4.98 Å². The number of aliphatic hydroxyl groups excluding tert-OH is 1. The SMILES string of the molecule is NC(CCO)c1nc(-c2ccc3ccccc3c2)no1. The van der Waals surface area contributed by atoms with Gasteiger partial charge in [-0.3, -0.25) is 0 Å². The van der Waals surface area contributed by atoms with Gasteiger partial charge in [0.25, 0.3) is 0 Å². The molecule has 0 fully saturated rings. The van der Waals surface area contributed by atoms with E-state index >= 15 is 0 Å². The number of rotatable bonds is 4. The molecule has 0 aliphatic heterocycles. The van der Waals surface area contributed by atoms with Crippen LogP contribution in [0.15, 0.2) is 47.0 Å². The predicted molar refractivity (Wildman–Crippen MR) is 75.9 cm³/mol. The number of aromatic nitrogens is 2. The van der Waals surface area contributed by atoms with Crippen molar-refractivity contribution in [1.29, 1.82) is 0 Å². The Morgan fingerprint density at radius 3 is 2.75 bits per heavy atom. The second-order valence-corrected chi connectivity index (χ2v) is 4.64.